The summed E-state index contributed by atoms with van der Waals surface area (Å²) in [6.07, 6.45) is 2.70. The van der Waals surface area contributed by atoms with Gasteiger partial charge in [0.15, 0.2) is 0 Å². The molecule has 1 aromatic carbocycles. The minimum absolute atomic E-state index is 0. The van der Waals surface area contributed by atoms with Crippen molar-refractivity contribution < 1.29 is 14.3 Å². The molecule has 7 nitrogen and oxygen atoms in total. The first-order valence-corrected chi connectivity index (χ1v) is 7.88. The second kappa shape index (κ2) is 8.75. The summed E-state index contributed by atoms with van der Waals surface area (Å²) in [7, 11) is 0. The number of rotatable bonds is 5. The molecule has 1 aliphatic heterocycles. The third-order valence-electron chi connectivity index (χ3n) is 3.77. The molecule has 8 heteroatoms. The van der Waals surface area contributed by atoms with E-state index in [-0.39, 0.29) is 24.4 Å². The Morgan fingerprint density at radius 2 is 2.08 bits per heavy atom. The van der Waals surface area contributed by atoms with Crippen LogP contribution in [-0.4, -0.2) is 34.6 Å². The van der Waals surface area contributed by atoms with Crippen LogP contribution in [-0.2, 0) is 9.53 Å². The van der Waals surface area contributed by atoms with Gasteiger partial charge in [-0.2, -0.15) is 0 Å². The van der Waals surface area contributed by atoms with E-state index in [2.05, 4.69) is 15.3 Å². The molecule has 0 aliphatic carbocycles. The monoisotopic (exact) mass is 364 g/mol. The van der Waals surface area contributed by atoms with Gasteiger partial charge in [-0.15, -0.1) is 12.4 Å². The first kappa shape index (κ1) is 19.1. The summed E-state index contributed by atoms with van der Waals surface area (Å²) in [6.45, 7) is 2.31. The van der Waals surface area contributed by atoms with Crippen LogP contribution in [0.1, 0.15) is 18.5 Å². The number of hydrogen-bond acceptors (Lipinski definition) is 6. The van der Waals surface area contributed by atoms with Crippen LogP contribution in [0.5, 0.6) is 11.8 Å². The van der Waals surface area contributed by atoms with Gasteiger partial charge in [0.25, 0.3) is 5.91 Å². The van der Waals surface area contributed by atoms with Gasteiger partial charge in [-0.25, -0.2) is 9.97 Å². The van der Waals surface area contributed by atoms with Crippen molar-refractivity contribution in [1.29, 1.82) is 0 Å². The molecule has 1 amide bonds. The van der Waals surface area contributed by atoms with Crippen LogP contribution in [0.4, 0.5) is 5.69 Å². The van der Waals surface area contributed by atoms with Crippen LogP contribution in [0.3, 0.4) is 0 Å². The van der Waals surface area contributed by atoms with Crippen molar-refractivity contribution >= 4 is 24.0 Å². The highest BCUT2D eigenvalue weighted by Gasteiger charge is 2.29. The molecule has 2 aromatic rings. The first-order chi connectivity index (χ1) is 11.6. The van der Waals surface area contributed by atoms with Crippen LogP contribution in [0.25, 0.3) is 0 Å². The highest BCUT2D eigenvalue weighted by molar-refractivity contribution is 5.94. The Morgan fingerprint density at radius 1 is 1.32 bits per heavy atom. The standard InChI is InChI=1S/C17H20N4O3.ClH/c1-11-8-9-19-17(20-11)24-13-4-2-12(3-5-13)21-16(22)15-7-6-14(10-18)23-15;/h2-5,8-9,14-15H,6-7,10,18H2,1H3,(H,21,22);1H/t14-,15+;/m1./s1. The van der Waals surface area contributed by atoms with Crippen molar-refractivity contribution in [1.82, 2.24) is 9.97 Å². The number of aryl methyl sites for hydroxylation is 1. The quantitative estimate of drug-likeness (QED) is 0.845. The number of benzene rings is 1. The van der Waals surface area contributed by atoms with Crippen molar-refractivity contribution in [3.05, 3.63) is 42.2 Å². The van der Waals surface area contributed by atoms with Crippen molar-refractivity contribution in [2.45, 2.75) is 32.0 Å². The van der Waals surface area contributed by atoms with Crippen LogP contribution in [0.2, 0.25) is 0 Å². The average molecular weight is 365 g/mol. The fraction of sp³-hybridized carbons (Fsp3) is 0.353. The highest BCUT2D eigenvalue weighted by atomic mass is 35.5. The molecule has 1 fully saturated rings. The Labute approximate surface area is 152 Å². The van der Waals surface area contributed by atoms with E-state index in [1.54, 1.807) is 36.5 Å². The normalized spacial score (nSPS) is 19.1. The van der Waals surface area contributed by atoms with E-state index in [0.29, 0.717) is 30.4 Å². The summed E-state index contributed by atoms with van der Waals surface area (Å²) in [5.41, 5.74) is 7.07. The lowest BCUT2D eigenvalue weighted by molar-refractivity contribution is -0.126. The van der Waals surface area contributed by atoms with E-state index in [1.807, 2.05) is 6.92 Å². The molecule has 0 bridgehead atoms. The van der Waals surface area contributed by atoms with Crippen LogP contribution < -0.4 is 15.8 Å². The fourth-order valence-electron chi connectivity index (χ4n) is 2.48. The Balaban J connectivity index is 0.00000225. The lowest BCUT2D eigenvalue weighted by atomic mass is 10.2. The summed E-state index contributed by atoms with van der Waals surface area (Å²) in [4.78, 5) is 20.4. The molecule has 1 aliphatic rings. The number of carbonyl (C=O) groups is 1. The van der Waals surface area contributed by atoms with Gasteiger partial charge in [0.05, 0.1) is 6.10 Å². The molecular formula is C17H21ClN4O3. The minimum atomic E-state index is -0.435. The van der Waals surface area contributed by atoms with Gasteiger partial charge in [0, 0.05) is 24.1 Å². The number of anilines is 1. The largest absolute Gasteiger partial charge is 0.424 e. The topological polar surface area (TPSA) is 99.4 Å². The zero-order chi connectivity index (χ0) is 16.9. The molecule has 134 valence electrons. The Morgan fingerprint density at radius 3 is 2.72 bits per heavy atom. The third kappa shape index (κ3) is 5.12. The molecule has 3 N–H and O–H groups in total. The van der Waals surface area contributed by atoms with Crippen molar-refractivity contribution in [2.24, 2.45) is 5.73 Å². The maximum Gasteiger partial charge on any atom is 0.322 e. The zero-order valence-electron chi connectivity index (χ0n) is 13.8. The summed E-state index contributed by atoms with van der Waals surface area (Å²) in [5, 5.41) is 2.84. The van der Waals surface area contributed by atoms with Crippen LogP contribution in [0.15, 0.2) is 36.5 Å². The molecule has 1 saturated heterocycles. The second-order valence-corrected chi connectivity index (χ2v) is 5.66. The van der Waals surface area contributed by atoms with E-state index < -0.39 is 6.10 Å². The molecular weight excluding hydrogens is 344 g/mol. The molecule has 0 saturated carbocycles. The number of amides is 1. The molecule has 0 unspecified atom stereocenters. The van der Waals surface area contributed by atoms with Crippen LogP contribution >= 0.6 is 12.4 Å². The van der Waals surface area contributed by atoms with Crippen molar-refractivity contribution in [3.8, 4) is 11.8 Å². The van der Waals surface area contributed by atoms with E-state index in [4.69, 9.17) is 15.2 Å². The molecule has 0 radical (unpaired) electrons. The van der Waals surface area contributed by atoms with Crippen LogP contribution in [0, 0.1) is 6.92 Å². The molecule has 1 aromatic heterocycles. The number of nitrogens with zero attached hydrogens (tertiary/aromatic N) is 2. The van der Waals surface area contributed by atoms with Gasteiger partial charge >= 0.3 is 6.01 Å². The number of nitrogens with two attached hydrogens (primary N) is 1. The Hall–Kier alpha value is -2.22. The lowest BCUT2D eigenvalue weighted by Crippen LogP contribution is -2.29. The third-order valence-corrected chi connectivity index (χ3v) is 3.77. The summed E-state index contributed by atoms with van der Waals surface area (Å²) in [5.74, 6) is 0.445. The highest BCUT2D eigenvalue weighted by Crippen LogP contribution is 2.23. The Kier molecular flexibility index (Phi) is 6.69. The fourth-order valence-corrected chi connectivity index (χ4v) is 2.48. The summed E-state index contributed by atoms with van der Waals surface area (Å²) < 4.78 is 11.2. The average Bonchev–Trinajstić information content (AvgIpc) is 3.06. The van der Waals surface area contributed by atoms with E-state index in [1.165, 1.54) is 0 Å². The number of aromatic nitrogens is 2. The zero-order valence-corrected chi connectivity index (χ0v) is 14.7. The second-order valence-electron chi connectivity index (χ2n) is 5.66. The number of halogens is 1. The van der Waals surface area contributed by atoms with Gasteiger partial charge in [-0.3, -0.25) is 4.79 Å². The van der Waals surface area contributed by atoms with Crippen molar-refractivity contribution in [2.75, 3.05) is 11.9 Å². The van der Waals surface area contributed by atoms with Gasteiger partial charge < -0.3 is 20.5 Å². The summed E-state index contributed by atoms with van der Waals surface area (Å²) >= 11 is 0. The molecule has 3 rings (SSSR count). The number of ether oxygens (including phenoxy) is 2. The summed E-state index contributed by atoms with van der Waals surface area (Å²) in [6, 6.07) is 9.11. The number of hydrogen-bond donors (Lipinski definition) is 2. The number of carbonyl (C=O) groups excluding carboxylic acids is 1. The number of nitrogens with one attached hydrogen (secondary N) is 1. The molecule has 0 spiro atoms. The maximum atomic E-state index is 12.2. The van der Waals surface area contributed by atoms with E-state index in [9.17, 15) is 4.79 Å². The molecule has 2 atom stereocenters. The first-order valence-electron chi connectivity index (χ1n) is 7.88. The lowest BCUT2D eigenvalue weighted by Gasteiger charge is -2.13. The predicted octanol–water partition coefficient (Wildman–Crippen LogP) is 2.44. The van der Waals surface area contributed by atoms with Gasteiger partial charge in [0.1, 0.15) is 11.9 Å². The predicted molar refractivity (Wildman–Crippen MR) is 96.1 cm³/mol. The van der Waals surface area contributed by atoms with Crippen molar-refractivity contribution in [3.63, 3.8) is 0 Å². The molecule has 2 heterocycles. The minimum Gasteiger partial charge on any atom is -0.424 e. The van der Waals surface area contributed by atoms with E-state index >= 15 is 0 Å². The Bertz CT molecular complexity index is 711. The van der Waals surface area contributed by atoms with Gasteiger partial charge in [-0.05, 0) is 50.1 Å². The smallest absolute Gasteiger partial charge is 0.322 e. The SMILES string of the molecule is Cc1ccnc(Oc2ccc(NC(=O)[C@@H]3CC[C@H](CN)O3)cc2)n1.Cl. The van der Waals surface area contributed by atoms with E-state index in [0.717, 1.165) is 12.1 Å². The maximum absolute atomic E-state index is 12.2. The van der Waals surface area contributed by atoms with Gasteiger partial charge in [0.2, 0.25) is 0 Å². The molecule has 25 heavy (non-hydrogen) atoms. The van der Waals surface area contributed by atoms with Gasteiger partial charge in [-0.1, -0.05) is 0 Å².